The molecule has 2 atom stereocenters. The zero-order valence-corrected chi connectivity index (χ0v) is 6.33. The number of aromatic nitrogens is 1. The van der Waals surface area contributed by atoms with E-state index in [1.807, 2.05) is 0 Å². The average Bonchev–Trinajstić information content (AvgIpc) is 2.48. The topological polar surface area (TPSA) is 4.93 Å². The minimum absolute atomic E-state index is 0.965. The summed E-state index contributed by atoms with van der Waals surface area (Å²) in [5, 5.41) is 0. The van der Waals surface area contributed by atoms with Crippen molar-refractivity contribution in [2.75, 3.05) is 0 Å². The minimum atomic E-state index is 0.965. The molecule has 0 aliphatic heterocycles. The van der Waals surface area contributed by atoms with Crippen molar-refractivity contribution in [1.82, 2.24) is 4.57 Å². The molecule has 10 heavy (non-hydrogen) atoms. The first-order valence-corrected chi connectivity index (χ1v) is 3.97. The van der Waals surface area contributed by atoms with Crippen LogP contribution in [0.3, 0.4) is 0 Å². The van der Waals surface area contributed by atoms with Gasteiger partial charge in [0, 0.05) is 18.9 Å². The molecule has 1 nitrogen and oxygen atoms in total. The molecule has 0 saturated heterocycles. The Morgan fingerprint density at radius 2 is 2.00 bits per heavy atom. The van der Waals surface area contributed by atoms with E-state index in [1.54, 1.807) is 0 Å². The summed E-state index contributed by atoms with van der Waals surface area (Å²) in [6.07, 6.45) is 5.72. The Morgan fingerprint density at radius 1 is 1.40 bits per heavy atom. The Labute approximate surface area is 61.7 Å². The molecule has 0 bridgehead atoms. The first-order valence-electron chi connectivity index (χ1n) is 3.97. The first kappa shape index (κ1) is 6.02. The second kappa shape index (κ2) is 2.15. The SMILES string of the molecule is CC1CC1Cn1cccc1. The summed E-state index contributed by atoms with van der Waals surface area (Å²) < 4.78 is 2.27. The maximum Gasteiger partial charge on any atom is 0.0250 e. The lowest BCUT2D eigenvalue weighted by atomic mass is 10.3. The Kier molecular flexibility index (Phi) is 1.30. The minimum Gasteiger partial charge on any atom is -0.354 e. The van der Waals surface area contributed by atoms with E-state index in [0.717, 1.165) is 11.8 Å². The number of nitrogens with zero attached hydrogens (tertiary/aromatic N) is 1. The van der Waals surface area contributed by atoms with Crippen molar-refractivity contribution in [2.45, 2.75) is 19.9 Å². The molecule has 2 unspecified atom stereocenters. The van der Waals surface area contributed by atoms with Gasteiger partial charge >= 0.3 is 0 Å². The fourth-order valence-corrected chi connectivity index (χ4v) is 1.42. The van der Waals surface area contributed by atoms with Crippen molar-refractivity contribution < 1.29 is 0 Å². The molecule has 1 fully saturated rings. The molecule has 54 valence electrons. The van der Waals surface area contributed by atoms with Gasteiger partial charge in [-0.1, -0.05) is 6.92 Å². The van der Waals surface area contributed by atoms with E-state index >= 15 is 0 Å². The molecule has 1 aliphatic rings. The summed E-state index contributed by atoms with van der Waals surface area (Å²) in [5.41, 5.74) is 0. The van der Waals surface area contributed by atoms with Crippen molar-refractivity contribution in [1.29, 1.82) is 0 Å². The highest BCUT2D eigenvalue weighted by atomic mass is 14.9. The Bertz CT molecular complexity index is 201. The van der Waals surface area contributed by atoms with Gasteiger partial charge in [0.25, 0.3) is 0 Å². The van der Waals surface area contributed by atoms with Crippen molar-refractivity contribution in [3.8, 4) is 0 Å². The predicted octanol–water partition coefficient (Wildman–Crippen LogP) is 2.14. The molecule has 1 heteroatoms. The van der Waals surface area contributed by atoms with Crippen molar-refractivity contribution in [3.63, 3.8) is 0 Å². The van der Waals surface area contributed by atoms with Gasteiger partial charge in [0.05, 0.1) is 0 Å². The maximum absolute atomic E-state index is 2.33. The Balaban J connectivity index is 1.93. The van der Waals surface area contributed by atoms with Crippen LogP contribution in [-0.2, 0) is 6.54 Å². The van der Waals surface area contributed by atoms with Crippen LogP contribution >= 0.6 is 0 Å². The number of hydrogen-bond donors (Lipinski definition) is 0. The van der Waals surface area contributed by atoms with E-state index in [9.17, 15) is 0 Å². The molecule has 0 aromatic carbocycles. The number of hydrogen-bond acceptors (Lipinski definition) is 0. The zero-order valence-electron chi connectivity index (χ0n) is 6.33. The molecule has 2 rings (SSSR count). The summed E-state index contributed by atoms with van der Waals surface area (Å²) >= 11 is 0. The summed E-state index contributed by atoms with van der Waals surface area (Å²) in [4.78, 5) is 0. The fraction of sp³-hybridized carbons (Fsp3) is 0.556. The molecule has 1 aromatic rings. The van der Waals surface area contributed by atoms with Crippen molar-refractivity contribution in [2.24, 2.45) is 11.8 Å². The third kappa shape index (κ3) is 1.08. The monoisotopic (exact) mass is 135 g/mol. The van der Waals surface area contributed by atoms with E-state index < -0.39 is 0 Å². The molecule has 1 aliphatic carbocycles. The van der Waals surface area contributed by atoms with Gasteiger partial charge in [-0.2, -0.15) is 0 Å². The van der Waals surface area contributed by atoms with Gasteiger partial charge in [0.2, 0.25) is 0 Å². The van der Waals surface area contributed by atoms with Crippen molar-refractivity contribution in [3.05, 3.63) is 24.5 Å². The summed E-state index contributed by atoms with van der Waals surface area (Å²) in [7, 11) is 0. The van der Waals surface area contributed by atoms with Crippen LogP contribution in [0.25, 0.3) is 0 Å². The summed E-state index contributed by atoms with van der Waals surface area (Å²) in [6.45, 7) is 3.56. The largest absolute Gasteiger partial charge is 0.354 e. The lowest BCUT2D eigenvalue weighted by Crippen LogP contribution is -1.96. The van der Waals surface area contributed by atoms with Gasteiger partial charge in [-0.25, -0.2) is 0 Å². The Morgan fingerprint density at radius 3 is 2.50 bits per heavy atom. The molecule has 0 amide bonds. The fourth-order valence-electron chi connectivity index (χ4n) is 1.42. The zero-order chi connectivity index (χ0) is 6.97. The molecular weight excluding hydrogens is 122 g/mol. The van der Waals surface area contributed by atoms with E-state index in [4.69, 9.17) is 0 Å². The highest BCUT2D eigenvalue weighted by Gasteiger charge is 2.32. The molecule has 1 heterocycles. The molecule has 0 N–H and O–H groups in total. The lowest BCUT2D eigenvalue weighted by molar-refractivity contribution is 0.596. The van der Waals surface area contributed by atoms with Gasteiger partial charge in [-0.3, -0.25) is 0 Å². The van der Waals surface area contributed by atoms with E-state index in [1.165, 1.54) is 13.0 Å². The van der Waals surface area contributed by atoms with Crippen LogP contribution in [-0.4, -0.2) is 4.57 Å². The highest BCUT2D eigenvalue weighted by Crippen LogP contribution is 2.38. The normalized spacial score (nSPS) is 30.5. The van der Waals surface area contributed by atoms with Crippen LogP contribution in [0.5, 0.6) is 0 Å². The van der Waals surface area contributed by atoms with E-state index in [2.05, 4.69) is 36.0 Å². The first-order chi connectivity index (χ1) is 4.86. The second-order valence-corrected chi connectivity index (χ2v) is 3.35. The van der Waals surface area contributed by atoms with Crippen LogP contribution in [0.4, 0.5) is 0 Å². The maximum atomic E-state index is 2.33. The van der Waals surface area contributed by atoms with Crippen LogP contribution in [0.15, 0.2) is 24.5 Å². The lowest BCUT2D eigenvalue weighted by Gasteiger charge is -1.98. The molecular formula is C9H13N. The third-order valence-corrected chi connectivity index (χ3v) is 2.39. The summed E-state index contributed by atoms with van der Waals surface area (Å²) in [5.74, 6) is 1.94. The molecule has 0 radical (unpaired) electrons. The number of rotatable bonds is 2. The van der Waals surface area contributed by atoms with Gasteiger partial charge in [0.15, 0.2) is 0 Å². The molecule has 1 saturated carbocycles. The highest BCUT2D eigenvalue weighted by molar-refractivity contribution is 4.93. The smallest absolute Gasteiger partial charge is 0.0250 e. The van der Waals surface area contributed by atoms with Gasteiger partial charge in [0.1, 0.15) is 0 Å². The average molecular weight is 135 g/mol. The van der Waals surface area contributed by atoms with E-state index in [0.29, 0.717) is 0 Å². The predicted molar refractivity (Wildman–Crippen MR) is 41.7 cm³/mol. The molecule has 0 spiro atoms. The van der Waals surface area contributed by atoms with Crippen LogP contribution in [0.1, 0.15) is 13.3 Å². The standard InChI is InChI=1S/C9H13N/c1-8-6-9(8)7-10-4-2-3-5-10/h2-5,8-9H,6-7H2,1H3. The van der Waals surface area contributed by atoms with Gasteiger partial charge in [-0.05, 0) is 30.4 Å². The van der Waals surface area contributed by atoms with Crippen LogP contribution < -0.4 is 0 Å². The Hall–Kier alpha value is -0.720. The van der Waals surface area contributed by atoms with Gasteiger partial charge < -0.3 is 4.57 Å². The quantitative estimate of drug-likeness (QED) is 0.585. The van der Waals surface area contributed by atoms with E-state index in [-0.39, 0.29) is 0 Å². The van der Waals surface area contributed by atoms with Crippen LogP contribution in [0.2, 0.25) is 0 Å². The summed E-state index contributed by atoms with van der Waals surface area (Å²) in [6, 6.07) is 4.18. The van der Waals surface area contributed by atoms with Gasteiger partial charge in [-0.15, -0.1) is 0 Å². The van der Waals surface area contributed by atoms with Crippen molar-refractivity contribution >= 4 is 0 Å². The van der Waals surface area contributed by atoms with Crippen LogP contribution in [0, 0.1) is 11.8 Å². The molecule has 1 aromatic heterocycles. The second-order valence-electron chi connectivity index (χ2n) is 3.35. The third-order valence-electron chi connectivity index (χ3n) is 2.39.